The van der Waals surface area contributed by atoms with Crippen LogP contribution in [0.1, 0.15) is 12.6 Å². The van der Waals surface area contributed by atoms with Gasteiger partial charge < -0.3 is 14.6 Å². The summed E-state index contributed by atoms with van der Waals surface area (Å²) >= 11 is 0. The number of anilines is 1. The van der Waals surface area contributed by atoms with Gasteiger partial charge in [0.25, 0.3) is 0 Å². The largest absolute Gasteiger partial charge is 0.480 e. The number of hydrogen-bond acceptors (Lipinski definition) is 3. The van der Waals surface area contributed by atoms with Crippen molar-refractivity contribution in [1.29, 1.82) is 0 Å². The number of nitrogens with one attached hydrogen (secondary N) is 1. The fourth-order valence-electron chi connectivity index (χ4n) is 1.79. The Morgan fingerprint density at radius 3 is 3.00 bits per heavy atom. The van der Waals surface area contributed by atoms with Crippen LogP contribution in [0.4, 0.5) is 5.69 Å². The summed E-state index contributed by atoms with van der Waals surface area (Å²) in [6.07, 6.45) is 3.80. The lowest BCUT2D eigenvalue weighted by molar-refractivity contribution is 0.399. The first-order valence-electron chi connectivity index (χ1n) is 5.72. The van der Waals surface area contributed by atoms with Crippen molar-refractivity contribution in [2.45, 2.75) is 20.0 Å². The van der Waals surface area contributed by atoms with Crippen LogP contribution in [0.2, 0.25) is 0 Å². The summed E-state index contributed by atoms with van der Waals surface area (Å²) in [5, 5.41) is 3.33. The molecule has 0 aliphatic carbocycles. The van der Waals surface area contributed by atoms with Crippen molar-refractivity contribution in [1.82, 2.24) is 9.55 Å². The Morgan fingerprint density at radius 1 is 1.35 bits per heavy atom. The van der Waals surface area contributed by atoms with Crippen molar-refractivity contribution < 1.29 is 4.74 Å². The molecule has 0 spiro atoms. The Morgan fingerprint density at radius 2 is 2.24 bits per heavy atom. The molecule has 0 bridgehead atoms. The highest BCUT2D eigenvalue weighted by Gasteiger charge is 2.04. The zero-order valence-electron chi connectivity index (χ0n) is 10.2. The molecule has 0 unspecified atom stereocenters. The van der Waals surface area contributed by atoms with E-state index in [2.05, 4.69) is 40.1 Å². The van der Waals surface area contributed by atoms with Gasteiger partial charge in [0.15, 0.2) is 0 Å². The second kappa shape index (κ2) is 5.39. The van der Waals surface area contributed by atoms with Gasteiger partial charge in [0.1, 0.15) is 0 Å². The van der Waals surface area contributed by atoms with Crippen LogP contribution in [-0.2, 0) is 13.1 Å². The highest BCUT2D eigenvalue weighted by molar-refractivity contribution is 5.52. The summed E-state index contributed by atoms with van der Waals surface area (Å²) < 4.78 is 7.40. The number of pyridine rings is 1. The first-order valence-corrected chi connectivity index (χ1v) is 5.72. The molecule has 0 saturated carbocycles. The monoisotopic (exact) mass is 231 g/mol. The van der Waals surface area contributed by atoms with Crippen molar-refractivity contribution in [2.24, 2.45) is 0 Å². The molecule has 0 saturated heterocycles. The first kappa shape index (κ1) is 11.5. The number of nitrogens with zero attached hydrogens (tertiary/aromatic N) is 2. The Hall–Kier alpha value is -1.97. The van der Waals surface area contributed by atoms with E-state index in [1.165, 1.54) is 5.69 Å². The molecule has 2 aromatic heterocycles. The first-order chi connectivity index (χ1) is 8.35. The van der Waals surface area contributed by atoms with Crippen molar-refractivity contribution >= 4 is 5.69 Å². The average Bonchev–Trinajstić information content (AvgIpc) is 2.84. The van der Waals surface area contributed by atoms with E-state index in [-0.39, 0.29) is 0 Å². The van der Waals surface area contributed by atoms with Gasteiger partial charge in [-0.2, -0.15) is 0 Å². The SMILES string of the molecule is CCn1cccc1CNc1cccnc1OC. The zero-order chi connectivity index (χ0) is 12.1. The van der Waals surface area contributed by atoms with E-state index in [9.17, 15) is 0 Å². The van der Waals surface area contributed by atoms with Crippen LogP contribution in [-0.4, -0.2) is 16.7 Å². The van der Waals surface area contributed by atoms with Gasteiger partial charge in [0, 0.05) is 24.6 Å². The van der Waals surface area contributed by atoms with Gasteiger partial charge in [0.2, 0.25) is 5.88 Å². The number of ether oxygens (including phenoxy) is 1. The lowest BCUT2D eigenvalue weighted by atomic mass is 10.3. The van der Waals surface area contributed by atoms with Gasteiger partial charge in [0.05, 0.1) is 19.3 Å². The smallest absolute Gasteiger partial charge is 0.237 e. The maximum atomic E-state index is 5.19. The second-order valence-corrected chi connectivity index (χ2v) is 3.70. The van der Waals surface area contributed by atoms with Gasteiger partial charge in [-0.1, -0.05) is 0 Å². The van der Waals surface area contributed by atoms with Crippen LogP contribution < -0.4 is 10.1 Å². The molecule has 4 heteroatoms. The Balaban J connectivity index is 2.07. The molecular weight excluding hydrogens is 214 g/mol. The quantitative estimate of drug-likeness (QED) is 0.859. The van der Waals surface area contributed by atoms with Crippen LogP contribution in [0, 0.1) is 0 Å². The van der Waals surface area contributed by atoms with Crippen LogP contribution in [0.25, 0.3) is 0 Å². The molecule has 1 N–H and O–H groups in total. The summed E-state index contributed by atoms with van der Waals surface area (Å²) in [4.78, 5) is 4.15. The van der Waals surface area contributed by atoms with Gasteiger partial charge in [-0.3, -0.25) is 0 Å². The zero-order valence-corrected chi connectivity index (χ0v) is 10.2. The van der Waals surface area contributed by atoms with Gasteiger partial charge in [-0.05, 0) is 31.2 Å². The minimum absolute atomic E-state index is 0.627. The average molecular weight is 231 g/mol. The fourth-order valence-corrected chi connectivity index (χ4v) is 1.79. The van der Waals surface area contributed by atoms with Crippen molar-refractivity contribution in [3.8, 4) is 5.88 Å². The number of hydrogen-bond donors (Lipinski definition) is 1. The van der Waals surface area contributed by atoms with Crippen molar-refractivity contribution in [2.75, 3.05) is 12.4 Å². The van der Waals surface area contributed by atoms with Crippen molar-refractivity contribution in [3.05, 3.63) is 42.4 Å². The van der Waals surface area contributed by atoms with Crippen molar-refractivity contribution in [3.63, 3.8) is 0 Å². The molecule has 0 atom stereocenters. The minimum Gasteiger partial charge on any atom is -0.480 e. The molecule has 4 nitrogen and oxygen atoms in total. The molecule has 2 rings (SSSR count). The number of aryl methyl sites for hydroxylation is 1. The summed E-state index contributed by atoms with van der Waals surface area (Å²) in [6.45, 7) is 3.88. The maximum Gasteiger partial charge on any atom is 0.237 e. The van der Waals surface area contributed by atoms with E-state index < -0.39 is 0 Å². The Kier molecular flexibility index (Phi) is 3.65. The van der Waals surface area contributed by atoms with Gasteiger partial charge >= 0.3 is 0 Å². The third-order valence-corrected chi connectivity index (χ3v) is 2.69. The molecule has 2 heterocycles. The predicted molar refractivity (Wildman–Crippen MR) is 68.2 cm³/mol. The second-order valence-electron chi connectivity index (χ2n) is 3.70. The molecule has 0 amide bonds. The van der Waals surface area contributed by atoms with E-state index >= 15 is 0 Å². The minimum atomic E-state index is 0.627. The topological polar surface area (TPSA) is 39.1 Å². The number of methoxy groups -OCH3 is 1. The molecule has 0 fully saturated rings. The molecule has 90 valence electrons. The Labute approximate surface area is 101 Å². The Bertz CT molecular complexity index is 479. The van der Waals surface area contributed by atoms with Crippen LogP contribution >= 0.6 is 0 Å². The highest BCUT2D eigenvalue weighted by atomic mass is 16.5. The fraction of sp³-hybridized carbons (Fsp3) is 0.308. The van der Waals surface area contributed by atoms with E-state index in [1.807, 2.05) is 12.1 Å². The van der Waals surface area contributed by atoms with E-state index in [1.54, 1.807) is 13.3 Å². The van der Waals surface area contributed by atoms with E-state index in [0.717, 1.165) is 18.8 Å². The van der Waals surface area contributed by atoms with E-state index in [0.29, 0.717) is 5.88 Å². The predicted octanol–water partition coefficient (Wildman–Crippen LogP) is 2.52. The molecule has 0 aromatic carbocycles. The van der Waals surface area contributed by atoms with Crippen LogP contribution in [0.3, 0.4) is 0 Å². The summed E-state index contributed by atoms with van der Waals surface area (Å²) in [5.74, 6) is 0.627. The van der Waals surface area contributed by atoms with Gasteiger partial charge in [-0.15, -0.1) is 0 Å². The normalized spacial score (nSPS) is 10.2. The maximum absolute atomic E-state index is 5.19. The standard InChI is InChI=1S/C13H17N3O/c1-3-16-9-5-6-11(16)10-15-12-7-4-8-14-13(12)17-2/h4-9,15H,3,10H2,1-2H3. The number of rotatable bonds is 5. The lowest BCUT2D eigenvalue weighted by Gasteiger charge is -2.11. The highest BCUT2D eigenvalue weighted by Crippen LogP contribution is 2.20. The molecule has 0 aliphatic rings. The molecule has 0 aliphatic heterocycles. The molecule has 2 aromatic rings. The third-order valence-electron chi connectivity index (χ3n) is 2.69. The summed E-state index contributed by atoms with van der Waals surface area (Å²) in [5.41, 5.74) is 2.16. The summed E-state index contributed by atoms with van der Waals surface area (Å²) in [7, 11) is 1.63. The van der Waals surface area contributed by atoms with Crippen LogP contribution in [0.15, 0.2) is 36.7 Å². The number of aromatic nitrogens is 2. The lowest BCUT2D eigenvalue weighted by Crippen LogP contribution is -2.07. The molecule has 17 heavy (non-hydrogen) atoms. The molecule has 0 radical (unpaired) electrons. The molecular formula is C13H17N3O. The van der Waals surface area contributed by atoms with E-state index in [4.69, 9.17) is 4.74 Å². The van der Waals surface area contributed by atoms with Gasteiger partial charge in [-0.25, -0.2) is 4.98 Å². The van der Waals surface area contributed by atoms with Crippen LogP contribution in [0.5, 0.6) is 5.88 Å². The summed E-state index contributed by atoms with van der Waals surface area (Å²) in [6, 6.07) is 8.02. The third kappa shape index (κ3) is 2.58.